The van der Waals surface area contributed by atoms with Gasteiger partial charge in [0, 0.05) is 6.04 Å². The van der Waals surface area contributed by atoms with Crippen LogP contribution >= 0.6 is 0 Å². The first kappa shape index (κ1) is 14.0. The van der Waals surface area contributed by atoms with E-state index in [0.717, 1.165) is 25.3 Å². The van der Waals surface area contributed by atoms with E-state index in [-0.39, 0.29) is 0 Å². The molecular formula is C15H25NO. The molecule has 17 heavy (non-hydrogen) atoms. The normalized spacial score (nSPS) is 12.8. The Kier molecular flexibility index (Phi) is 6.06. The van der Waals surface area contributed by atoms with Crippen molar-refractivity contribution in [3.8, 4) is 5.75 Å². The topological polar surface area (TPSA) is 21.3 Å². The molecule has 96 valence electrons. The average Bonchev–Trinajstić information content (AvgIpc) is 2.30. The molecule has 1 aromatic carbocycles. The molecule has 0 spiro atoms. The van der Waals surface area contributed by atoms with Crippen LogP contribution in [0.15, 0.2) is 24.3 Å². The molecule has 0 aliphatic heterocycles. The van der Waals surface area contributed by atoms with Crippen molar-refractivity contribution in [2.45, 2.75) is 40.2 Å². The smallest absolute Gasteiger partial charge is 0.119 e. The van der Waals surface area contributed by atoms with E-state index in [0.29, 0.717) is 12.0 Å². The maximum atomic E-state index is 5.69. The second-order valence-electron chi connectivity index (χ2n) is 4.88. The summed E-state index contributed by atoms with van der Waals surface area (Å²) >= 11 is 0. The fourth-order valence-electron chi connectivity index (χ4n) is 1.69. The third kappa shape index (κ3) is 5.22. The summed E-state index contributed by atoms with van der Waals surface area (Å²) < 4.78 is 5.69. The summed E-state index contributed by atoms with van der Waals surface area (Å²) in [5, 5.41) is 3.40. The van der Waals surface area contributed by atoms with Gasteiger partial charge in [0.2, 0.25) is 0 Å². The molecule has 2 nitrogen and oxygen atoms in total. The fraction of sp³-hybridized carbons (Fsp3) is 0.600. The first-order chi connectivity index (χ1) is 8.13. The lowest BCUT2D eigenvalue weighted by Gasteiger charge is -2.13. The molecule has 0 aliphatic carbocycles. The summed E-state index contributed by atoms with van der Waals surface area (Å²) in [6, 6.07) is 8.80. The van der Waals surface area contributed by atoms with Gasteiger partial charge in [0.25, 0.3) is 0 Å². The van der Waals surface area contributed by atoms with E-state index >= 15 is 0 Å². The van der Waals surface area contributed by atoms with Crippen LogP contribution in [0.3, 0.4) is 0 Å². The van der Waals surface area contributed by atoms with Crippen LogP contribution in [0.25, 0.3) is 0 Å². The minimum Gasteiger partial charge on any atom is -0.494 e. The maximum absolute atomic E-state index is 5.69. The van der Waals surface area contributed by atoms with Gasteiger partial charge in [-0.25, -0.2) is 0 Å². The first-order valence-electron chi connectivity index (χ1n) is 6.59. The number of nitrogens with one attached hydrogen (secondary N) is 1. The molecule has 0 saturated heterocycles. The summed E-state index contributed by atoms with van der Waals surface area (Å²) in [4.78, 5) is 0. The van der Waals surface area contributed by atoms with Gasteiger partial charge in [0.05, 0.1) is 6.61 Å². The van der Waals surface area contributed by atoms with Crippen LogP contribution in [-0.2, 0) is 0 Å². The van der Waals surface area contributed by atoms with Gasteiger partial charge in [-0.05, 0) is 43.5 Å². The number of benzene rings is 1. The van der Waals surface area contributed by atoms with Gasteiger partial charge in [-0.1, -0.05) is 32.9 Å². The van der Waals surface area contributed by atoms with Crippen molar-refractivity contribution in [3.63, 3.8) is 0 Å². The molecule has 0 amide bonds. The number of rotatable bonds is 7. The predicted octanol–water partition coefficient (Wildman–Crippen LogP) is 3.78. The first-order valence-corrected chi connectivity index (χ1v) is 6.59. The molecule has 0 aliphatic rings. The van der Waals surface area contributed by atoms with Crippen LogP contribution in [0, 0.1) is 5.92 Å². The highest BCUT2D eigenvalue weighted by molar-refractivity contribution is 5.28. The Balaban J connectivity index is 2.44. The van der Waals surface area contributed by atoms with Crippen LogP contribution < -0.4 is 10.1 Å². The maximum Gasteiger partial charge on any atom is 0.119 e. The molecule has 1 N–H and O–H groups in total. The van der Waals surface area contributed by atoms with Gasteiger partial charge < -0.3 is 10.1 Å². The SMILES string of the molecule is CCNC(C)c1ccc(OCCC(C)C)cc1. The highest BCUT2D eigenvalue weighted by Gasteiger charge is 2.03. The molecule has 0 saturated carbocycles. The lowest BCUT2D eigenvalue weighted by molar-refractivity contribution is 0.289. The zero-order valence-electron chi connectivity index (χ0n) is 11.5. The summed E-state index contributed by atoms with van der Waals surface area (Å²) in [6.07, 6.45) is 1.11. The molecular weight excluding hydrogens is 210 g/mol. The van der Waals surface area contributed by atoms with Crippen LogP contribution in [0.4, 0.5) is 0 Å². The Morgan fingerprint density at radius 1 is 1.12 bits per heavy atom. The largest absolute Gasteiger partial charge is 0.494 e. The minimum absolute atomic E-state index is 0.407. The minimum atomic E-state index is 0.407. The summed E-state index contributed by atoms with van der Waals surface area (Å²) in [5.41, 5.74) is 1.31. The molecule has 1 unspecified atom stereocenters. The standard InChI is InChI=1S/C15H25NO/c1-5-16-13(4)14-6-8-15(9-7-14)17-11-10-12(2)3/h6-9,12-13,16H,5,10-11H2,1-4H3. The van der Waals surface area contributed by atoms with Crippen LogP contribution in [0.1, 0.15) is 45.7 Å². The Morgan fingerprint density at radius 2 is 1.76 bits per heavy atom. The highest BCUT2D eigenvalue weighted by atomic mass is 16.5. The van der Waals surface area contributed by atoms with Crippen molar-refractivity contribution in [2.75, 3.05) is 13.2 Å². The van der Waals surface area contributed by atoms with Gasteiger partial charge >= 0.3 is 0 Å². The van der Waals surface area contributed by atoms with Crippen molar-refractivity contribution < 1.29 is 4.74 Å². The number of ether oxygens (including phenoxy) is 1. The Morgan fingerprint density at radius 3 is 2.29 bits per heavy atom. The van der Waals surface area contributed by atoms with Gasteiger partial charge in [-0.3, -0.25) is 0 Å². The zero-order chi connectivity index (χ0) is 12.7. The van der Waals surface area contributed by atoms with Crippen molar-refractivity contribution >= 4 is 0 Å². The van der Waals surface area contributed by atoms with Crippen molar-refractivity contribution in [2.24, 2.45) is 5.92 Å². The van der Waals surface area contributed by atoms with Gasteiger partial charge in [0.15, 0.2) is 0 Å². The second-order valence-corrected chi connectivity index (χ2v) is 4.88. The van der Waals surface area contributed by atoms with E-state index in [4.69, 9.17) is 4.74 Å². The quantitative estimate of drug-likeness (QED) is 0.776. The lowest BCUT2D eigenvalue weighted by Crippen LogP contribution is -2.17. The van der Waals surface area contributed by atoms with E-state index < -0.39 is 0 Å². The third-order valence-electron chi connectivity index (χ3n) is 2.85. The van der Waals surface area contributed by atoms with Crippen molar-refractivity contribution in [1.29, 1.82) is 0 Å². The number of hydrogen-bond acceptors (Lipinski definition) is 2. The molecule has 0 bridgehead atoms. The summed E-state index contributed by atoms with van der Waals surface area (Å²) in [6.45, 7) is 10.5. The predicted molar refractivity (Wildman–Crippen MR) is 73.5 cm³/mol. The van der Waals surface area contributed by atoms with E-state index in [1.54, 1.807) is 0 Å². The Labute approximate surface area is 105 Å². The average molecular weight is 235 g/mol. The van der Waals surface area contributed by atoms with Crippen molar-refractivity contribution in [1.82, 2.24) is 5.32 Å². The molecule has 0 aromatic heterocycles. The third-order valence-corrected chi connectivity index (χ3v) is 2.85. The van der Waals surface area contributed by atoms with Crippen LogP contribution in [-0.4, -0.2) is 13.2 Å². The molecule has 0 heterocycles. The fourth-order valence-corrected chi connectivity index (χ4v) is 1.69. The Hall–Kier alpha value is -1.02. The molecule has 1 rings (SSSR count). The molecule has 0 radical (unpaired) electrons. The van der Waals surface area contributed by atoms with Crippen LogP contribution in [0.2, 0.25) is 0 Å². The number of hydrogen-bond donors (Lipinski definition) is 1. The monoisotopic (exact) mass is 235 g/mol. The zero-order valence-corrected chi connectivity index (χ0v) is 11.5. The highest BCUT2D eigenvalue weighted by Crippen LogP contribution is 2.17. The Bertz CT molecular complexity index is 305. The lowest BCUT2D eigenvalue weighted by atomic mass is 10.1. The van der Waals surface area contributed by atoms with Gasteiger partial charge in [-0.15, -0.1) is 0 Å². The van der Waals surface area contributed by atoms with Gasteiger partial charge in [-0.2, -0.15) is 0 Å². The van der Waals surface area contributed by atoms with E-state index in [1.807, 2.05) is 0 Å². The molecule has 0 fully saturated rings. The molecule has 1 atom stereocenters. The van der Waals surface area contributed by atoms with Gasteiger partial charge in [0.1, 0.15) is 5.75 Å². The second kappa shape index (κ2) is 7.33. The van der Waals surface area contributed by atoms with Crippen LogP contribution in [0.5, 0.6) is 5.75 Å². The van der Waals surface area contributed by atoms with E-state index in [2.05, 4.69) is 57.3 Å². The van der Waals surface area contributed by atoms with E-state index in [9.17, 15) is 0 Å². The van der Waals surface area contributed by atoms with Crippen molar-refractivity contribution in [3.05, 3.63) is 29.8 Å². The van der Waals surface area contributed by atoms with E-state index in [1.165, 1.54) is 5.56 Å². The summed E-state index contributed by atoms with van der Waals surface area (Å²) in [5.74, 6) is 1.67. The summed E-state index contributed by atoms with van der Waals surface area (Å²) in [7, 11) is 0. The molecule has 1 aromatic rings. The molecule has 2 heteroatoms.